The molecule has 1 N–H and O–H groups in total. The first-order valence-electron chi connectivity index (χ1n) is 6.78. The number of aromatic nitrogens is 4. The Bertz CT molecular complexity index is 788. The van der Waals surface area contributed by atoms with Gasteiger partial charge in [0.1, 0.15) is 0 Å². The number of carbonyl (C=O) groups is 1. The van der Waals surface area contributed by atoms with Gasteiger partial charge in [-0.1, -0.05) is 17.3 Å². The third-order valence-corrected chi connectivity index (χ3v) is 3.13. The highest BCUT2D eigenvalue weighted by molar-refractivity contribution is 5.72. The molecule has 7 heteroatoms. The van der Waals surface area contributed by atoms with Crippen molar-refractivity contribution < 1.29 is 9.32 Å². The normalized spacial score (nSPS) is 10.6. The van der Waals surface area contributed by atoms with Crippen molar-refractivity contribution in [2.45, 2.75) is 13.5 Å². The Morgan fingerprint density at radius 3 is 2.68 bits per heavy atom. The van der Waals surface area contributed by atoms with Crippen molar-refractivity contribution in [2.24, 2.45) is 7.05 Å². The van der Waals surface area contributed by atoms with Crippen LogP contribution in [0, 0.1) is 0 Å². The zero-order chi connectivity index (χ0) is 15.5. The molecular weight excluding hydrogens is 282 g/mol. The van der Waals surface area contributed by atoms with Gasteiger partial charge in [-0.3, -0.25) is 9.48 Å². The molecule has 0 aliphatic rings. The van der Waals surface area contributed by atoms with E-state index in [0.717, 1.165) is 16.7 Å². The number of hydrogen-bond acceptors (Lipinski definition) is 5. The predicted molar refractivity (Wildman–Crippen MR) is 79.5 cm³/mol. The van der Waals surface area contributed by atoms with Crippen molar-refractivity contribution >= 4 is 5.91 Å². The number of nitrogens with zero attached hydrogens (tertiary/aromatic N) is 4. The van der Waals surface area contributed by atoms with E-state index in [-0.39, 0.29) is 5.91 Å². The van der Waals surface area contributed by atoms with Crippen molar-refractivity contribution in [3.8, 4) is 22.8 Å². The first-order valence-corrected chi connectivity index (χ1v) is 6.78. The van der Waals surface area contributed by atoms with Crippen LogP contribution in [0.5, 0.6) is 0 Å². The monoisotopic (exact) mass is 297 g/mol. The lowest BCUT2D eigenvalue weighted by molar-refractivity contribution is -0.119. The molecule has 2 heterocycles. The van der Waals surface area contributed by atoms with E-state index >= 15 is 0 Å². The molecule has 0 unspecified atom stereocenters. The maximum Gasteiger partial charge on any atom is 0.258 e. The Labute approximate surface area is 127 Å². The van der Waals surface area contributed by atoms with E-state index in [2.05, 4.69) is 20.6 Å². The third kappa shape index (κ3) is 3.03. The molecule has 0 aliphatic carbocycles. The van der Waals surface area contributed by atoms with Crippen LogP contribution in [0.3, 0.4) is 0 Å². The first-order chi connectivity index (χ1) is 10.6. The Morgan fingerprint density at radius 1 is 1.27 bits per heavy atom. The molecule has 1 aromatic carbocycles. The second-order valence-corrected chi connectivity index (χ2v) is 4.93. The summed E-state index contributed by atoms with van der Waals surface area (Å²) in [7, 11) is 1.83. The predicted octanol–water partition coefficient (Wildman–Crippen LogP) is 1.77. The molecule has 0 atom stereocenters. The van der Waals surface area contributed by atoms with Gasteiger partial charge in [-0.15, -0.1) is 0 Å². The summed E-state index contributed by atoms with van der Waals surface area (Å²) in [6, 6.07) is 7.60. The maximum atomic E-state index is 10.9. The summed E-state index contributed by atoms with van der Waals surface area (Å²) in [5.74, 6) is 0.900. The van der Waals surface area contributed by atoms with Crippen LogP contribution < -0.4 is 5.32 Å². The van der Waals surface area contributed by atoms with Gasteiger partial charge in [-0.25, -0.2) is 0 Å². The number of aryl methyl sites for hydroxylation is 1. The van der Waals surface area contributed by atoms with Gasteiger partial charge in [0.05, 0.1) is 11.8 Å². The summed E-state index contributed by atoms with van der Waals surface area (Å²) in [6.45, 7) is 1.99. The van der Waals surface area contributed by atoms with E-state index < -0.39 is 0 Å². The summed E-state index contributed by atoms with van der Waals surface area (Å²) in [4.78, 5) is 15.3. The lowest BCUT2D eigenvalue weighted by Crippen LogP contribution is -2.18. The molecule has 0 saturated carbocycles. The van der Waals surface area contributed by atoms with Crippen molar-refractivity contribution in [2.75, 3.05) is 0 Å². The van der Waals surface area contributed by atoms with E-state index in [1.165, 1.54) is 6.92 Å². The summed E-state index contributed by atoms with van der Waals surface area (Å²) in [5, 5.41) is 10.8. The molecule has 0 radical (unpaired) electrons. The van der Waals surface area contributed by atoms with Gasteiger partial charge in [-0.05, 0) is 17.7 Å². The standard InChI is InChI=1S/C15H15N5O2/c1-10(21)16-7-11-3-5-12(6-4-11)15-18-14(19-22-15)13-8-17-20(2)9-13/h3-6,8-9H,7H2,1-2H3,(H,16,21). The zero-order valence-electron chi connectivity index (χ0n) is 12.3. The fourth-order valence-electron chi connectivity index (χ4n) is 1.99. The molecule has 0 saturated heterocycles. The fraction of sp³-hybridized carbons (Fsp3) is 0.200. The van der Waals surface area contributed by atoms with Crippen LogP contribution in [-0.4, -0.2) is 25.8 Å². The Balaban J connectivity index is 1.77. The highest BCUT2D eigenvalue weighted by atomic mass is 16.5. The summed E-state index contributed by atoms with van der Waals surface area (Å²) in [6.07, 6.45) is 3.51. The molecule has 3 aromatic rings. The van der Waals surface area contributed by atoms with E-state index in [1.807, 2.05) is 37.5 Å². The lowest BCUT2D eigenvalue weighted by atomic mass is 10.1. The number of benzene rings is 1. The minimum atomic E-state index is -0.0536. The second-order valence-electron chi connectivity index (χ2n) is 4.93. The van der Waals surface area contributed by atoms with Crippen LogP contribution in [0.1, 0.15) is 12.5 Å². The summed E-state index contributed by atoms with van der Waals surface area (Å²) >= 11 is 0. The number of hydrogen-bond donors (Lipinski definition) is 1. The smallest absolute Gasteiger partial charge is 0.258 e. The van der Waals surface area contributed by atoms with Crippen LogP contribution in [0.4, 0.5) is 0 Å². The van der Waals surface area contributed by atoms with Crippen LogP contribution in [0.25, 0.3) is 22.8 Å². The quantitative estimate of drug-likeness (QED) is 0.793. The van der Waals surface area contributed by atoms with E-state index in [4.69, 9.17) is 4.52 Å². The molecule has 0 fully saturated rings. The lowest BCUT2D eigenvalue weighted by Gasteiger charge is -2.02. The number of nitrogens with one attached hydrogen (secondary N) is 1. The first kappa shape index (κ1) is 14.0. The highest BCUT2D eigenvalue weighted by Gasteiger charge is 2.11. The average Bonchev–Trinajstić information content (AvgIpc) is 3.14. The number of carbonyl (C=O) groups excluding carboxylic acids is 1. The number of rotatable bonds is 4. The molecule has 7 nitrogen and oxygen atoms in total. The molecule has 0 spiro atoms. The topological polar surface area (TPSA) is 85.8 Å². The van der Waals surface area contributed by atoms with Crippen LogP contribution in [0.2, 0.25) is 0 Å². The second kappa shape index (κ2) is 5.80. The SMILES string of the molecule is CC(=O)NCc1ccc(-c2nc(-c3cnn(C)c3)no2)cc1. The zero-order valence-corrected chi connectivity index (χ0v) is 12.3. The van der Waals surface area contributed by atoms with Gasteiger partial charge in [-0.2, -0.15) is 10.1 Å². The minimum absolute atomic E-state index is 0.0536. The van der Waals surface area contributed by atoms with Gasteiger partial charge in [0, 0.05) is 32.3 Å². The molecule has 0 aliphatic heterocycles. The highest BCUT2D eigenvalue weighted by Crippen LogP contribution is 2.22. The largest absolute Gasteiger partial charge is 0.352 e. The van der Waals surface area contributed by atoms with E-state index in [0.29, 0.717) is 18.3 Å². The van der Waals surface area contributed by atoms with Crippen molar-refractivity contribution in [1.29, 1.82) is 0 Å². The van der Waals surface area contributed by atoms with Gasteiger partial charge in [0.25, 0.3) is 5.89 Å². The van der Waals surface area contributed by atoms with Crippen LogP contribution in [-0.2, 0) is 18.4 Å². The molecule has 0 bridgehead atoms. The average molecular weight is 297 g/mol. The van der Waals surface area contributed by atoms with Crippen molar-refractivity contribution in [3.63, 3.8) is 0 Å². The Morgan fingerprint density at radius 2 is 2.05 bits per heavy atom. The van der Waals surface area contributed by atoms with E-state index in [1.54, 1.807) is 10.9 Å². The molecule has 22 heavy (non-hydrogen) atoms. The van der Waals surface area contributed by atoms with Gasteiger partial charge in [0.2, 0.25) is 11.7 Å². The summed E-state index contributed by atoms with van der Waals surface area (Å²) < 4.78 is 6.97. The third-order valence-electron chi connectivity index (χ3n) is 3.13. The van der Waals surface area contributed by atoms with Gasteiger partial charge < -0.3 is 9.84 Å². The molecule has 1 amide bonds. The summed E-state index contributed by atoms with van der Waals surface area (Å²) in [5.41, 5.74) is 2.64. The molecule has 2 aromatic heterocycles. The van der Waals surface area contributed by atoms with E-state index in [9.17, 15) is 4.79 Å². The minimum Gasteiger partial charge on any atom is -0.352 e. The van der Waals surface area contributed by atoms with Gasteiger partial charge >= 0.3 is 0 Å². The van der Waals surface area contributed by atoms with Gasteiger partial charge in [0.15, 0.2) is 0 Å². The van der Waals surface area contributed by atoms with Crippen molar-refractivity contribution in [1.82, 2.24) is 25.2 Å². The van der Waals surface area contributed by atoms with Crippen LogP contribution in [0.15, 0.2) is 41.2 Å². The molecular formula is C15H15N5O2. The van der Waals surface area contributed by atoms with Crippen LogP contribution >= 0.6 is 0 Å². The fourth-order valence-corrected chi connectivity index (χ4v) is 1.99. The Kier molecular flexibility index (Phi) is 3.69. The maximum absolute atomic E-state index is 10.9. The molecule has 112 valence electrons. The van der Waals surface area contributed by atoms with Crippen molar-refractivity contribution in [3.05, 3.63) is 42.2 Å². The Hall–Kier alpha value is -2.96. The number of amides is 1. The molecule has 3 rings (SSSR count).